The SMILES string of the molecule is CC(C)[C@H](NC(=O)[C@@H](NC(=O)[C@@H](N)[C@@H](C)O)[C@@H](C)O)C(=O)N1CCC[C@H]1C(=O)N[C@H](C(=O)N[C@@H](C)C(=O)N1CCC[C@H]1C(=O)N1CCC[C@H]1C(=O)O)[C@@H](C)O. The van der Waals surface area contributed by atoms with Crippen molar-refractivity contribution in [1.29, 1.82) is 0 Å². The lowest BCUT2D eigenvalue weighted by Gasteiger charge is -2.33. The van der Waals surface area contributed by atoms with E-state index in [0.717, 1.165) is 0 Å². The van der Waals surface area contributed by atoms with Gasteiger partial charge in [-0.25, -0.2) is 4.79 Å². The molecule has 7 amide bonds. The topological polar surface area (TPSA) is 301 Å². The molecule has 0 aromatic rings. The Balaban J connectivity index is 1.67. The summed E-state index contributed by atoms with van der Waals surface area (Å²) in [7, 11) is 0. The standard InChI is InChI=1S/C35H58N8O12/c1-16(2)25(38-31(50)27(20(6)46)40-29(48)24(36)18(4)44)34(53)41-13-7-10-21(41)28(47)39-26(19(5)45)30(49)37-17(3)32(51)42-14-8-11-22(42)33(52)43-15-9-12-23(43)35(54)55/h16-27,44-46H,7-15,36H2,1-6H3,(H,37,49)(H,38,50)(H,39,47)(H,40,48)(H,54,55)/t17-,18+,19+,20+,21-,22-,23-,24-,25-,26-,27-/m0/s1. The molecule has 0 aliphatic carbocycles. The summed E-state index contributed by atoms with van der Waals surface area (Å²) in [5, 5.41) is 49.8. The molecule has 11 atom stereocenters. The average Bonchev–Trinajstić information content (AvgIpc) is 3.91. The van der Waals surface area contributed by atoms with Gasteiger partial charge in [-0.15, -0.1) is 0 Å². The van der Waals surface area contributed by atoms with Gasteiger partial charge in [-0.3, -0.25) is 33.6 Å². The number of rotatable bonds is 16. The quantitative estimate of drug-likeness (QED) is 0.0725. The number of carboxylic acids is 1. The first-order valence-electron chi connectivity index (χ1n) is 18.8. The van der Waals surface area contributed by atoms with E-state index in [1.165, 1.54) is 42.4 Å². The first-order valence-corrected chi connectivity index (χ1v) is 18.8. The van der Waals surface area contributed by atoms with Crippen LogP contribution in [0.5, 0.6) is 0 Å². The maximum absolute atomic E-state index is 13.9. The molecule has 3 fully saturated rings. The van der Waals surface area contributed by atoms with Crippen LogP contribution in [0.15, 0.2) is 0 Å². The Morgan fingerprint density at radius 2 is 1.02 bits per heavy atom. The first kappa shape index (κ1) is 45.0. The number of aliphatic hydroxyl groups excluding tert-OH is 3. The van der Waals surface area contributed by atoms with Crippen LogP contribution in [-0.2, 0) is 38.4 Å². The van der Waals surface area contributed by atoms with Gasteiger partial charge in [-0.1, -0.05) is 13.8 Å². The highest BCUT2D eigenvalue weighted by atomic mass is 16.4. The van der Waals surface area contributed by atoms with Gasteiger partial charge in [0.15, 0.2) is 0 Å². The number of carbonyl (C=O) groups excluding carboxylic acids is 7. The number of hydrogen-bond donors (Lipinski definition) is 9. The zero-order chi connectivity index (χ0) is 41.5. The smallest absolute Gasteiger partial charge is 0.326 e. The molecule has 3 saturated heterocycles. The van der Waals surface area contributed by atoms with E-state index >= 15 is 0 Å². The molecule has 0 bridgehead atoms. The van der Waals surface area contributed by atoms with Crippen molar-refractivity contribution in [3.63, 3.8) is 0 Å². The van der Waals surface area contributed by atoms with Gasteiger partial charge >= 0.3 is 5.97 Å². The van der Waals surface area contributed by atoms with Gasteiger partial charge in [-0.2, -0.15) is 0 Å². The van der Waals surface area contributed by atoms with Crippen molar-refractivity contribution in [3.8, 4) is 0 Å². The van der Waals surface area contributed by atoms with Gasteiger partial charge in [0.1, 0.15) is 48.3 Å². The van der Waals surface area contributed by atoms with Crippen LogP contribution in [0.3, 0.4) is 0 Å². The lowest BCUT2D eigenvalue weighted by molar-refractivity contribution is -0.152. The molecule has 310 valence electrons. The molecule has 0 aromatic heterocycles. The molecule has 3 rings (SSSR count). The number of carboxylic acid groups (broad SMARTS) is 1. The lowest BCUT2D eigenvalue weighted by Crippen LogP contribution is -2.62. The molecule has 0 saturated carbocycles. The van der Waals surface area contributed by atoms with Crippen molar-refractivity contribution < 1.29 is 58.8 Å². The summed E-state index contributed by atoms with van der Waals surface area (Å²) >= 11 is 0. The van der Waals surface area contributed by atoms with E-state index in [-0.39, 0.29) is 26.1 Å². The minimum atomic E-state index is -1.55. The molecule has 0 aromatic carbocycles. The highest BCUT2D eigenvalue weighted by molar-refractivity contribution is 5.98. The molecule has 10 N–H and O–H groups in total. The third-order valence-corrected chi connectivity index (χ3v) is 10.4. The van der Waals surface area contributed by atoms with Crippen LogP contribution in [-0.4, -0.2) is 169 Å². The van der Waals surface area contributed by atoms with Gasteiger partial charge in [0.05, 0.1) is 18.3 Å². The second-order valence-electron chi connectivity index (χ2n) is 15.1. The molecule has 3 heterocycles. The number of likely N-dealkylation sites (tertiary alicyclic amines) is 3. The molecule has 20 nitrogen and oxygen atoms in total. The lowest BCUT2D eigenvalue weighted by atomic mass is 10.0. The number of aliphatic carboxylic acids is 1. The predicted octanol–water partition coefficient (Wildman–Crippen LogP) is -3.87. The van der Waals surface area contributed by atoms with Crippen LogP contribution in [0.25, 0.3) is 0 Å². The summed E-state index contributed by atoms with van der Waals surface area (Å²) < 4.78 is 0. The molecule has 20 heteroatoms. The summed E-state index contributed by atoms with van der Waals surface area (Å²) in [4.78, 5) is 109. The Kier molecular flexibility index (Phi) is 15.9. The molecular weight excluding hydrogens is 724 g/mol. The predicted molar refractivity (Wildman–Crippen MR) is 193 cm³/mol. The van der Waals surface area contributed by atoms with Crippen molar-refractivity contribution >= 4 is 47.3 Å². The number of nitrogens with zero attached hydrogens (tertiary/aromatic N) is 3. The fourth-order valence-electron chi connectivity index (χ4n) is 7.15. The van der Waals surface area contributed by atoms with E-state index in [2.05, 4.69) is 21.3 Å². The Morgan fingerprint density at radius 3 is 1.53 bits per heavy atom. The molecule has 3 aliphatic heterocycles. The van der Waals surface area contributed by atoms with E-state index in [1.807, 2.05) is 0 Å². The number of nitrogens with one attached hydrogen (secondary N) is 4. The minimum Gasteiger partial charge on any atom is -0.480 e. The fraction of sp³-hybridized carbons (Fsp3) is 0.771. The Bertz CT molecular complexity index is 1460. The van der Waals surface area contributed by atoms with Crippen LogP contribution < -0.4 is 27.0 Å². The van der Waals surface area contributed by atoms with Gasteiger partial charge in [-0.05, 0) is 72.1 Å². The number of carbonyl (C=O) groups is 8. The summed E-state index contributed by atoms with van der Waals surface area (Å²) in [6.45, 7) is 9.05. The Labute approximate surface area is 319 Å². The van der Waals surface area contributed by atoms with E-state index in [1.54, 1.807) is 13.8 Å². The van der Waals surface area contributed by atoms with Gasteiger partial charge in [0.25, 0.3) is 0 Å². The van der Waals surface area contributed by atoms with E-state index in [4.69, 9.17) is 5.73 Å². The monoisotopic (exact) mass is 782 g/mol. The van der Waals surface area contributed by atoms with E-state index < -0.39 is 120 Å². The number of amides is 7. The maximum atomic E-state index is 13.9. The summed E-state index contributed by atoms with van der Waals surface area (Å²) in [6.07, 6.45) is -1.87. The summed E-state index contributed by atoms with van der Waals surface area (Å²) in [5.41, 5.74) is 5.65. The molecule has 3 aliphatic rings. The second-order valence-corrected chi connectivity index (χ2v) is 15.1. The normalized spacial score (nSPS) is 24.2. The van der Waals surface area contributed by atoms with Gasteiger partial charge in [0, 0.05) is 19.6 Å². The zero-order valence-corrected chi connectivity index (χ0v) is 32.3. The van der Waals surface area contributed by atoms with Crippen LogP contribution in [0.2, 0.25) is 0 Å². The second kappa shape index (κ2) is 19.5. The highest BCUT2D eigenvalue weighted by Gasteiger charge is 2.44. The van der Waals surface area contributed by atoms with Crippen molar-refractivity contribution in [1.82, 2.24) is 36.0 Å². The van der Waals surface area contributed by atoms with E-state index in [9.17, 15) is 58.8 Å². The molecule has 0 unspecified atom stereocenters. The van der Waals surface area contributed by atoms with Gasteiger partial charge < -0.3 is 62.1 Å². The van der Waals surface area contributed by atoms with Crippen molar-refractivity contribution in [2.45, 2.75) is 147 Å². The number of aliphatic hydroxyl groups is 3. The molecule has 0 spiro atoms. The molecular formula is C35H58N8O12. The number of nitrogens with two attached hydrogens (primary N) is 1. The molecule has 0 radical (unpaired) electrons. The van der Waals surface area contributed by atoms with Crippen molar-refractivity contribution in [3.05, 3.63) is 0 Å². The van der Waals surface area contributed by atoms with E-state index in [0.29, 0.717) is 32.1 Å². The highest BCUT2D eigenvalue weighted by Crippen LogP contribution is 2.26. The zero-order valence-electron chi connectivity index (χ0n) is 32.3. The van der Waals surface area contributed by atoms with Crippen molar-refractivity contribution in [2.75, 3.05) is 19.6 Å². The van der Waals surface area contributed by atoms with Crippen molar-refractivity contribution in [2.24, 2.45) is 11.7 Å². The van der Waals surface area contributed by atoms with Crippen LogP contribution in [0, 0.1) is 5.92 Å². The maximum Gasteiger partial charge on any atom is 0.326 e. The first-order chi connectivity index (χ1) is 25.7. The third-order valence-electron chi connectivity index (χ3n) is 10.4. The van der Waals surface area contributed by atoms with Gasteiger partial charge in [0.2, 0.25) is 41.4 Å². The van der Waals surface area contributed by atoms with Crippen LogP contribution >= 0.6 is 0 Å². The Morgan fingerprint density at radius 1 is 0.564 bits per heavy atom. The average molecular weight is 783 g/mol. The summed E-state index contributed by atoms with van der Waals surface area (Å²) in [6, 6.07) is -9.85. The largest absolute Gasteiger partial charge is 0.480 e. The third kappa shape index (κ3) is 10.9. The molecule has 55 heavy (non-hydrogen) atoms. The Hall–Kier alpha value is -4.40. The fourth-order valence-corrected chi connectivity index (χ4v) is 7.15. The summed E-state index contributed by atoms with van der Waals surface area (Å²) in [5.74, 6) is -6.84. The van der Waals surface area contributed by atoms with Crippen LogP contribution in [0.1, 0.15) is 80.1 Å². The number of hydrogen-bond acceptors (Lipinski definition) is 12. The minimum absolute atomic E-state index is 0.118. The van der Waals surface area contributed by atoms with Crippen LogP contribution in [0.4, 0.5) is 0 Å².